The number of ether oxygens (including phenoxy) is 1. The van der Waals surface area contributed by atoms with Gasteiger partial charge in [-0.1, -0.05) is 6.07 Å². The Kier molecular flexibility index (Phi) is 3.11. The van der Waals surface area contributed by atoms with E-state index >= 15 is 0 Å². The molecule has 0 saturated carbocycles. The highest BCUT2D eigenvalue weighted by Crippen LogP contribution is 2.25. The van der Waals surface area contributed by atoms with E-state index in [9.17, 15) is 4.39 Å². The molecule has 1 aliphatic heterocycles. The molecule has 4 heteroatoms. The standard InChI is InChI=1S/C14H15FN2O/c15-13-5-1-4-12-11(13)6-8-17-14(12)18-9-10-3-2-7-16-10/h1,4-6,8,10,16H,2-3,7,9H2. The van der Waals surface area contributed by atoms with Crippen molar-refractivity contribution in [3.63, 3.8) is 0 Å². The summed E-state index contributed by atoms with van der Waals surface area (Å²) in [5.41, 5.74) is 0. The van der Waals surface area contributed by atoms with E-state index in [1.807, 2.05) is 6.07 Å². The molecule has 1 aromatic carbocycles. The highest BCUT2D eigenvalue weighted by Gasteiger charge is 2.15. The quantitative estimate of drug-likeness (QED) is 0.903. The van der Waals surface area contributed by atoms with Gasteiger partial charge in [-0.05, 0) is 37.6 Å². The molecule has 3 nitrogen and oxygen atoms in total. The molecule has 1 aromatic heterocycles. The minimum absolute atomic E-state index is 0.237. The number of nitrogens with zero attached hydrogens (tertiary/aromatic N) is 1. The summed E-state index contributed by atoms with van der Waals surface area (Å²) in [6.07, 6.45) is 3.90. The van der Waals surface area contributed by atoms with Gasteiger partial charge < -0.3 is 10.1 Å². The van der Waals surface area contributed by atoms with Crippen LogP contribution in [0.4, 0.5) is 4.39 Å². The topological polar surface area (TPSA) is 34.1 Å². The van der Waals surface area contributed by atoms with Crippen LogP contribution in [0.5, 0.6) is 5.88 Å². The summed E-state index contributed by atoms with van der Waals surface area (Å²) in [6, 6.07) is 7.02. The van der Waals surface area contributed by atoms with Crippen molar-refractivity contribution in [2.45, 2.75) is 18.9 Å². The molecule has 3 rings (SSSR count). The Morgan fingerprint density at radius 1 is 1.33 bits per heavy atom. The van der Waals surface area contributed by atoms with Gasteiger partial charge in [0.05, 0.1) is 0 Å². The minimum Gasteiger partial charge on any atom is -0.476 e. The molecular weight excluding hydrogens is 231 g/mol. The van der Waals surface area contributed by atoms with Crippen LogP contribution in [0.3, 0.4) is 0 Å². The molecule has 0 radical (unpaired) electrons. The third-order valence-electron chi connectivity index (χ3n) is 3.30. The average Bonchev–Trinajstić information content (AvgIpc) is 2.90. The summed E-state index contributed by atoms with van der Waals surface area (Å²) >= 11 is 0. The van der Waals surface area contributed by atoms with Crippen molar-refractivity contribution in [2.75, 3.05) is 13.2 Å². The first kappa shape index (κ1) is 11.4. The molecule has 0 aliphatic carbocycles. The van der Waals surface area contributed by atoms with Crippen molar-refractivity contribution in [2.24, 2.45) is 0 Å². The van der Waals surface area contributed by atoms with Crippen molar-refractivity contribution >= 4 is 10.8 Å². The summed E-state index contributed by atoms with van der Waals surface area (Å²) in [6.45, 7) is 1.63. The van der Waals surface area contributed by atoms with E-state index in [0.29, 0.717) is 23.9 Å². The Bertz CT molecular complexity index is 552. The van der Waals surface area contributed by atoms with Gasteiger partial charge >= 0.3 is 0 Å². The lowest BCUT2D eigenvalue weighted by Gasteiger charge is -2.12. The fourth-order valence-electron chi connectivity index (χ4n) is 2.34. The lowest BCUT2D eigenvalue weighted by molar-refractivity contribution is 0.271. The first-order valence-corrected chi connectivity index (χ1v) is 6.24. The second-order valence-corrected chi connectivity index (χ2v) is 4.56. The molecule has 18 heavy (non-hydrogen) atoms. The summed E-state index contributed by atoms with van der Waals surface area (Å²) in [7, 11) is 0. The predicted molar refractivity (Wildman–Crippen MR) is 68.2 cm³/mol. The van der Waals surface area contributed by atoms with Crippen LogP contribution >= 0.6 is 0 Å². The molecule has 94 valence electrons. The maximum Gasteiger partial charge on any atom is 0.221 e. The van der Waals surface area contributed by atoms with E-state index in [2.05, 4.69) is 10.3 Å². The molecule has 2 aromatic rings. The van der Waals surface area contributed by atoms with Gasteiger partial charge in [-0.3, -0.25) is 0 Å². The van der Waals surface area contributed by atoms with Crippen molar-refractivity contribution in [1.82, 2.24) is 10.3 Å². The van der Waals surface area contributed by atoms with Gasteiger partial charge in [-0.15, -0.1) is 0 Å². The lowest BCUT2D eigenvalue weighted by Crippen LogP contribution is -2.28. The number of aromatic nitrogens is 1. The van der Waals surface area contributed by atoms with E-state index in [1.54, 1.807) is 18.3 Å². The van der Waals surface area contributed by atoms with Gasteiger partial charge in [0.2, 0.25) is 5.88 Å². The normalized spacial score (nSPS) is 19.3. The third kappa shape index (κ3) is 2.16. The van der Waals surface area contributed by atoms with Crippen LogP contribution in [0.1, 0.15) is 12.8 Å². The molecule has 1 atom stereocenters. The van der Waals surface area contributed by atoms with E-state index in [0.717, 1.165) is 18.4 Å². The Hall–Kier alpha value is -1.68. The maximum atomic E-state index is 13.6. The number of hydrogen-bond donors (Lipinski definition) is 1. The lowest BCUT2D eigenvalue weighted by atomic mass is 10.1. The van der Waals surface area contributed by atoms with E-state index in [4.69, 9.17) is 4.74 Å². The van der Waals surface area contributed by atoms with Gasteiger partial charge in [0.15, 0.2) is 0 Å². The number of hydrogen-bond acceptors (Lipinski definition) is 3. The molecule has 2 heterocycles. The fourth-order valence-corrected chi connectivity index (χ4v) is 2.34. The van der Waals surface area contributed by atoms with Crippen molar-refractivity contribution in [3.8, 4) is 5.88 Å². The summed E-state index contributed by atoms with van der Waals surface area (Å²) in [4.78, 5) is 4.19. The van der Waals surface area contributed by atoms with Gasteiger partial charge in [0.25, 0.3) is 0 Å². The zero-order valence-corrected chi connectivity index (χ0v) is 10.0. The number of halogens is 1. The van der Waals surface area contributed by atoms with E-state index < -0.39 is 0 Å². The summed E-state index contributed by atoms with van der Waals surface area (Å²) in [5.74, 6) is 0.277. The second kappa shape index (κ2) is 4.90. The van der Waals surface area contributed by atoms with E-state index in [-0.39, 0.29) is 5.82 Å². The van der Waals surface area contributed by atoms with Crippen LogP contribution in [0, 0.1) is 5.82 Å². The van der Waals surface area contributed by atoms with Gasteiger partial charge in [-0.2, -0.15) is 0 Å². The zero-order chi connectivity index (χ0) is 12.4. The number of benzene rings is 1. The van der Waals surface area contributed by atoms with E-state index in [1.165, 1.54) is 12.5 Å². The van der Waals surface area contributed by atoms with Crippen LogP contribution in [-0.4, -0.2) is 24.2 Å². The highest BCUT2D eigenvalue weighted by molar-refractivity contribution is 5.87. The predicted octanol–water partition coefficient (Wildman–Crippen LogP) is 2.50. The van der Waals surface area contributed by atoms with Crippen molar-refractivity contribution in [3.05, 3.63) is 36.3 Å². The number of fused-ring (bicyclic) bond motifs is 1. The van der Waals surface area contributed by atoms with Gasteiger partial charge in [-0.25, -0.2) is 9.37 Å². The maximum absolute atomic E-state index is 13.6. The summed E-state index contributed by atoms with van der Waals surface area (Å²) < 4.78 is 19.3. The molecule has 0 spiro atoms. The van der Waals surface area contributed by atoms with Crippen LogP contribution in [0.2, 0.25) is 0 Å². The number of nitrogens with one attached hydrogen (secondary N) is 1. The Morgan fingerprint density at radius 2 is 2.28 bits per heavy atom. The minimum atomic E-state index is -0.237. The van der Waals surface area contributed by atoms with Crippen LogP contribution < -0.4 is 10.1 Å². The average molecular weight is 246 g/mol. The Morgan fingerprint density at radius 3 is 3.11 bits per heavy atom. The van der Waals surface area contributed by atoms with Crippen LogP contribution in [-0.2, 0) is 0 Å². The first-order chi connectivity index (χ1) is 8.84. The molecule has 1 aliphatic rings. The molecule has 1 saturated heterocycles. The van der Waals surface area contributed by atoms with Crippen molar-refractivity contribution in [1.29, 1.82) is 0 Å². The SMILES string of the molecule is Fc1cccc2c(OCC3CCCN3)nccc12. The largest absolute Gasteiger partial charge is 0.476 e. The number of rotatable bonds is 3. The molecular formula is C14H15FN2O. The smallest absolute Gasteiger partial charge is 0.221 e. The van der Waals surface area contributed by atoms with Gasteiger partial charge in [0, 0.05) is 23.0 Å². The van der Waals surface area contributed by atoms with Gasteiger partial charge in [0.1, 0.15) is 12.4 Å². The highest BCUT2D eigenvalue weighted by atomic mass is 19.1. The molecule has 1 N–H and O–H groups in total. The second-order valence-electron chi connectivity index (χ2n) is 4.56. The Balaban J connectivity index is 1.85. The third-order valence-corrected chi connectivity index (χ3v) is 3.30. The fraction of sp³-hybridized carbons (Fsp3) is 0.357. The molecule has 1 fully saturated rings. The molecule has 0 bridgehead atoms. The zero-order valence-electron chi connectivity index (χ0n) is 10.0. The van der Waals surface area contributed by atoms with Crippen LogP contribution in [0.15, 0.2) is 30.5 Å². The molecule has 0 amide bonds. The summed E-state index contributed by atoms with van der Waals surface area (Å²) in [5, 5.41) is 4.65. The van der Waals surface area contributed by atoms with Crippen molar-refractivity contribution < 1.29 is 9.13 Å². The monoisotopic (exact) mass is 246 g/mol. The number of pyridine rings is 1. The molecule has 1 unspecified atom stereocenters. The first-order valence-electron chi connectivity index (χ1n) is 6.24. The Labute approximate surface area is 105 Å². The van der Waals surface area contributed by atoms with Crippen LogP contribution in [0.25, 0.3) is 10.8 Å².